The van der Waals surface area contributed by atoms with Gasteiger partial charge in [0.25, 0.3) is 0 Å². The normalized spacial score (nSPS) is 14.3. The highest BCUT2D eigenvalue weighted by atomic mass is 31.2. The SMILES string of the molecule is CC/C=C\C/C=C\C/C=C\C/C=C\C/C=C\C/C=C\CCCCCCCCCCCCCCCCCCCCCCC(=O)NC(COP(=O)(O)OCC[N+](C)(C)C)C(O)CCCCCCCCCCCCCCCC. The van der Waals surface area contributed by atoms with Gasteiger partial charge < -0.3 is 19.8 Å². The van der Waals surface area contributed by atoms with E-state index < -0.39 is 20.0 Å². The number of quaternary nitrogens is 1. The van der Waals surface area contributed by atoms with Gasteiger partial charge in [-0.1, -0.05) is 292 Å². The van der Waals surface area contributed by atoms with Crippen molar-refractivity contribution in [2.24, 2.45) is 0 Å². The number of aliphatic hydroxyl groups excluding tert-OH is 1. The summed E-state index contributed by atoms with van der Waals surface area (Å²) in [5.74, 6) is -0.142. The Labute approximate surface area is 465 Å². The lowest BCUT2D eigenvalue weighted by molar-refractivity contribution is -0.870. The fourth-order valence-corrected chi connectivity index (χ4v) is 10.0. The van der Waals surface area contributed by atoms with Gasteiger partial charge in [0, 0.05) is 6.42 Å². The Morgan fingerprint density at radius 2 is 0.800 bits per heavy atom. The number of nitrogens with zero attached hydrogens (tertiary/aromatic N) is 1. The first-order valence-corrected chi connectivity index (χ1v) is 33.3. The van der Waals surface area contributed by atoms with Crippen LogP contribution in [0.5, 0.6) is 0 Å². The molecule has 0 bridgehead atoms. The summed E-state index contributed by atoms with van der Waals surface area (Å²) in [6.45, 7) is 4.79. The topological polar surface area (TPSA) is 105 Å². The number of phosphoric ester groups is 1. The van der Waals surface area contributed by atoms with Crippen LogP contribution in [0.1, 0.15) is 290 Å². The van der Waals surface area contributed by atoms with Crippen LogP contribution >= 0.6 is 7.82 Å². The molecule has 0 aliphatic carbocycles. The number of amides is 1. The molecule has 0 saturated heterocycles. The zero-order valence-electron chi connectivity index (χ0n) is 50.0. The highest BCUT2D eigenvalue weighted by Crippen LogP contribution is 2.43. The third-order valence-electron chi connectivity index (χ3n) is 14.2. The maximum Gasteiger partial charge on any atom is 0.472 e. The van der Waals surface area contributed by atoms with Crippen LogP contribution in [0.3, 0.4) is 0 Å². The van der Waals surface area contributed by atoms with Gasteiger partial charge in [-0.05, 0) is 64.2 Å². The second-order valence-corrected chi connectivity index (χ2v) is 24.2. The fraction of sp³-hybridized carbons (Fsp3) is 0.803. The molecule has 3 unspecified atom stereocenters. The first-order chi connectivity index (χ1) is 36.5. The molecule has 0 aromatic carbocycles. The van der Waals surface area contributed by atoms with Gasteiger partial charge in [0.2, 0.25) is 5.91 Å². The maximum atomic E-state index is 13.0. The number of phosphoric acid groups is 1. The van der Waals surface area contributed by atoms with Crippen molar-refractivity contribution < 1.29 is 32.9 Å². The zero-order chi connectivity index (χ0) is 54.9. The molecule has 0 aliphatic heterocycles. The molecule has 0 fully saturated rings. The molecular weight excluding hydrogens is 948 g/mol. The summed E-state index contributed by atoms with van der Waals surface area (Å²) in [5.41, 5.74) is 0. The van der Waals surface area contributed by atoms with E-state index >= 15 is 0 Å². The Hall–Kier alpha value is -2.06. The smallest absolute Gasteiger partial charge is 0.391 e. The second-order valence-electron chi connectivity index (χ2n) is 22.8. The second kappa shape index (κ2) is 56.7. The van der Waals surface area contributed by atoms with Crippen LogP contribution in [0.2, 0.25) is 0 Å². The number of hydrogen-bond acceptors (Lipinski definition) is 5. The predicted octanol–water partition coefficient (Wildman–Crippen LogP) is 19.8. The summed E-state index contributed by atoms with van der Waals surface area (Å²) < 4.78 is 23.8. The van der Waals surface area contributed by atoms with Crippen molar-refractivity contribution in [3.63, 3.8) is 0 Å². The van der Waals surface area contributed by atoms with Gasteiger partial charge in [-0.3, -0.25) is 13.8 Å². The van der Waals surface area contributed by atoms with Gasteiger partial charge in [-0.15, -0.1) is 0 Å². The van der Waals surface area contributed by atoms with Gasteiger partial charge >= 0.3 is 7.82 Å². The summed E-state index contributed by atoms with van der Waals surface area (Å²) in [4.78, 5) is 23.3. The number of carbonyl (C=O) groups excluding carboxylic acids is 1. The fourth-order valence-electron chi connectivity index (χ4n) is 9.29. The number of nitrogens with one attached hydrogen (secondary N) is 1. The molecule has 3 N–H and O–H groups in total. The van der Waals surface area contributed by atoms with Crippen LogP contribution < -0.4 is 5.32 Å². The average Bonchev–Trinajstić information content (AvgIpc) is 3.37. The Balaban J connectivity index is 3.92. The van der Waals surface area contributed by atoms with Gasteiger partial charge in [0.1, 0.15) is 13.2 Å². The van der Waals surface area contributed by atoms with Crippen LogP contribution in [0.25, 0.3) is 0 Å². The number of allylic oxidation sites excluding steroid dienone is 12. The average molecular weight is 1070 g/mol. The minimum Gasteiger partial charge on any atom is -0.391 e. The number of aliphatic hydroxyl groups is 1. The highest BCUT2D eigenvalue weighted by Gasteiger charge is 2.28. The van der Waals surface area contributed by atoms with E-state index in [0.717, 1.165) is 77.0 Å². The van der Waals surface area contributed by atoms with E-state index in [1.165, 1.54) is 186 Å². The summed E-state index contributed by atoms with van der Waals surface area (Å²) in [6, 6.07) is -0.761. The zero-order valence-corrected chi connectivity index (χ0v) is 50.9. The van der Waals surface area contributed by atoms with Crippen molar-refractivity contribution in [2.45, 2.75) is 302 Å². The number of unbranched alkanes of at least 4 members (excludes halogenated alkanes) is 33. The van der Waals surface area contributed by atoms with E-state index in [4.69, 9.17) is 9.05 Å². The van der Waals surface area contributed by atoms with Gasteiger partial charge in [0.05, 0.1) is 39.9 Å². The summed E-state index contributed by atoms with van der Waals surface area (Å²) in [6.07, 6.45) is 78.4. The minimum absolute atomic E-state index is 0.0749. The summed E-state index contributed by atoms with van der Waals surface area (Å²) >= 11 is 0. The molecule has 0 aromatic rings. The van der Waals surface area contributed by atoms with Crippen LogP contribution in [0, 0.1) is 0 Å². The van der Waals surface area contributed by atoms with Gasteiger partial charge in [0.15, 0.2) is 0 Å². The van der Waals surface area contributed by atoms with Crippen LogP contribution in [-0.2, 0) is 18.4 Å². The lowest BCUT2D eigenvalue weighted by Gasteiger charge is -2.26. The third kappa shape index (κ3) is 59.4. The van der Waals surface area contributed by atoms with E-state index in [1.54, 1.807) is 0 Å². The Kier molecular flexibility index (Phi) is 55.1. The standard InChI is InChI=1S/C66H123N2O6P/c1-6-8-10-12-14-16-18-20-22-23-24-25-26-27-28-29-30-31-32-33-34-35-36-37-38-39-40-41-42-43-44-45-46-48-50-52-54-56-58-60-66(70)67-64(63-74-75(71,72)73-62-61-68(3,4)5)65(69)59-57-55-53-51-49-47-21-19-17-15-13-11-9-7-2/h8,10,14,16,20,22,24-25,27-28,30-31,64-65,69H,6-7,9,11-13,15,17-19,21,23,26,29,32-63H2,1-5H3,(H-,67,70,71,72)/p+1/b10-8-,16-14-,22-20-,25-24-,28-27-,31-30-. The molecule has 438 valence electrons. The third-order valence-corrected chi connectivity index (χ3v) is 15.2. The molecule has 0 spiro atoms. The van der Waals surface area contributed by atoms with Gasteiger partial charge in [-0.25, -0.2) is 4.57 Å². The Morgan fingerprint density at radius 1 is 0.467 bits per heavy atom. The van der Waals surface area contributed by atoms with Crippen molar-refractivity contribution in [3.8, 4) is 0 Å². The summed E-state index contributed by atoms with van der Waals surface area (Å²) in [7, 11) is 1.62. The van der Waals surface area contributed by atoms with Crippen molar-refractivity contribution in [1.29, 1.82) is 0 Å². The lowest BCUT2D eigenvalue weighted by atomic mass is 10.0. The molecule has 0 saturated carbocycles. The van der Waals surface area contributed by atoms with Gasteiger partial charge in [-0.2, -0.15) is 0 Å². The van der Waals surface area contributed by atoms with Crippen molar-refractivity contribution in [1.82, 2.24) is 5.32 Å². The van der Waals surface area contributed by atoms with E-state index in [1.807, 2.05) is 21.1 Å². The number of rotatable bonds is 58. The maximum absolute atomic E-state index is 13.0. The van der Waals surface area contributed by atoms with E-state index in [-0.39, 0.29) is 19.1 Å². The van der Waals surface area contributed by atoms with Crippen molar-refractivity contribution >= 4 is 13.7 Å². The molecule has 75 heavy (non-hydrogen) atoms. The quantitative estimate of drug-likeness (QED) is 0.0243. The monoisotopic (exact) mass is 1070 g/mol. The predicted molar refractivity (Wildman–Crippen MR) is 327 cm³/mol. The molecule has 8 nitrogen and oxygen atoms in total. The molecule has 0 rings (SSSR count). The highest BCUT2D eigenvalue weighted by molar-refractivity contribution is 7.47. The first-order valence-electron chi connectivity index (χ1n) is 31.8. The van der Waals surface area contributed by atoms with E-state index in [0.29, 0.717) is 23.9 Å². The first kappa shape index (κ1) is 72.9. The molecule has 0 heterocycles. The van der Waals surface area contributed by atoms with Crippen LogP contribution in [0.4, 0.5) is 0 Å². The van der Waals surface area contributed by atoms with E-state index in [9.17, 15) is 19.4 Å². The number of carbonyl (C=O) groups is 1. The Morgan fingerprint density at radius 3 is 1.17 bits per heavy atom. The van der Waals surface area contributed by atoms with Crippen molar-refractivity contribution in [3.05, 3.63) is 72.9 Å². The molecule has 3 atom stereocenters. The van der Waals surface area contributed by atoms with E-state index in [2.05, 4.69) is 92.1 Å². The molecule has 0 radical (unpaired) electrons. The Bertz CT molecular complexity index is 1450. The molecule has 0 aliphatic rings. The largest absolute Gasteiger partial charge is 0.472 e. The number of likely N-dealkylation sites (N-methyl/N-ethyl adjacent to an activating group) is 1. The van der Waals surface area contributed by atoms with Crippen LogP contribution in [0.15, 0.2) is 72.9 Å². The lowest BCUT2D eigenvalue weighted by Crippen LogP contribution is -2.46. The minimum atomic E-state index is -4.32. The molecule has 9 heteroatoms. The molecule has 1 amide bonds. The number of hydrogen-bond donors (Lipinski definition) is 3. The van der Waals surface area contributed by atoms with Crippen LogP contribution in [-0.4, -0.2) is 73.4 Å². The molecule has 0 aromatic heterocycles. The van der Waals surface area contributed by atoms with Crippen molar-refractivity contribution in [2.75, 3.05) is 40.9 Å². The molecular formula is C66H124N2O6P+. The summed E-state index contributed by atoms with van der Waals surface area (Å²) in [5, 5.41) is 14.1.